The highest BCUT2D eigenvalue weighted by Crippen LogP contribution is 2.42. The molecule has 1 saturated carbocycles. The van der Waals surface area contributed by atoms with Gasteiger partial charge in [-0.1, -0.05) is 36.4 Å². The molecule has 2 aliphatic rings. The molecule has 2 fully saturated rings. The first-order valence-corrected chi connectivity index (χ1v) is 9.59. The van der Waals surface area contributed by atoms with Gasteiger partial charge in [0.1, 0.15) is 0 Å². The lowest BCUT2D eigenvalue weighted by Gasteiger charge is -2.44. The first-order chi connectivity index (χ1) is 12.1. The first-order valence-electron chi connectivity index (χ1n) is 9.59. The summed E-state index contributed by atoms with van der Waals surface area (Å²) < 4.78 is 0. The minimum Gasteiger partial charge on any atom is -0.385 e. The fourth-order valence-corrected chi connectivity index (χ4v) is 4.45. The average Bonchev–Trinajstić information content (AvgIpc) is 2.65. The highest BCUT2D eigenvalue weighted by atomic mass is 16.3. The zero-order chi connectivity index (χ0) is 17.3. The molecule has 2 unspecified atom stereocenters. The fraction of sp³-hybridized carbons (Fsp3) is 0.500. The number of rotatable bonds is 3. The second-order valence-electron chi connectivity index (χ2n) is 7.85. The molecule has 1 aliphatic heterocycles. The number of likely N-dealkylation sites (N-methyl/N-ethyl adjacent to an activating group) is 1. The maximum atomic E-state index is 11.7. The van der Waals surface area contributed by atoms with Gasteiger partial charge in [0.05, 0.1) is 5.60 Å². The molecular formula is C22H29N2O. The third-order valence-electron chi connectivity index (χ3n) is 6.18. The Morgan fingerprint density at radius 1 is 1.04 bits per heavy atom. The Bertz CT molecular complexity index is 723. The number of aliphatic hydroxyl groups is 1. The second-order valence-corrected chi connectivity index (χ2v) is 7.85. The van der Waals surface area contributed by atoms with E-state index >= 15 is 0 Å². The maximum absolute atomic E-state index is 11.7. The van der Waals surface area contributed by atoms with Crippen LogP contribution in [0.25, 0.3) is 10.8 Å². The Morgan fingerprint density at radius 3 is 2.60 bits per heavy atom. The summed E-state index contributed by atoms with van der Waals surface area (Å²) in [4.78, 5) is 4.93. The fourth-order valence-electron chi connectivity index (χ4n) is 4.45. The van der Waals surface area contributed by atoms with Gasteiger partial charge in [0.2, 0.25) is 0 Å². The Hall–Kier alpha value is -1.42. The molecule has 1 radical (unpaired) electrons. The van der Waals surface area contributed by atoms with Crippen molar-refractivity contribution in [3.05, 3.63) is 54.4 Å². The molecule has 133 valence electrons. The molecule has 1 saturated heterocycles. The van der Waals surface area contributed by atoms with Crippen molar-refractivity contribution in [3.8, 4) is 0 Å². The highest BCUT2D eigenvalue weighted by Gasteiger charge is 2.41. The molecule has 3 heteroatoms. The van der Waals surface area contributed by atoms with Crippen LogP contribution in [0.15, 0.2) is 42.5 Å². The van der Waals surface area contributed by atoms with Gasteiger partial charge >= 0.3 is 0 Å². The van der Waals surface area contributed by atoms with E-state index in [1.165, 1.54) is 10.8 Å². The summed E-state index contributed by atoms with van der Waals surface area (Å²) in [6, 6.07) is 14.9. The van der Waals surface area contributed by atoms with Crippen LogP contribution in [0, 0.1) is 12.3 Å². The Labute approximate surface area is 151 Å². The normalized spacial score (nSPS) is 29.1. The van der Waals surface area contributed by atoms with E-state index in [1.807, 2.05) is 0 Å². The van der Waals surface area contributed by atoms with Crippen LogP contribution in [0.2, 0.25) is 0 Å². The minimum atomic E-state index is -0.706. The van der Waals surface area contributed by atoms with Crippen molar-refractivity contribution in [2.75, 3.05) is 39.8 Å². The SMILES string of the molecule is CN1CCN(CC2C[CH]CCC2(O)c2ccc3ccccc3c2)CC1. The van der Waals surface area contributed by atoms with Crippen molar-refractivity contribution in [1.82, 2.24) is 9.80 Å². The number of hydrogen-bond acceptors (Lipinski definition) is 3. The predicted octanol–water partition coefficient (Wildman–Crippen LogP) is 3.28. The number of hydrogen-bond donors (Lipinski definition) is 1. The topological polar surface area (TPSA) is 26.7 Å². The van der Waals surface area contributed by atoms with E-state index in [0.717, 1.165) is 57.5 Å². The van der Waals surface area contributed by atoms with E-state index in [2.05, 4.69) is 65.7 Å². The van der Waals surface area contributed by atoms with Crippen LogP contribution in [-0.2, 0) is 5.60 Å². The van der Waals surface area contributed by atoms with Gasteiger partial charge in [-0.3, -0.25) is 0 Å². The quantitative estimate of drug-likeness (QED) is 0.931. The molecule has 2 aromatic rings. The molecule has 0 bridgehead atoms. The zero-order valence-corrected chi connectivity index (χ0v) is 15.2. The van der Waals surface area contributed by atoms with E-state index in [1.54, 1.807) is 0 Å². The van der Waals surface area contributed by atoms with Gasteiger partial charge in [0.15, 0.2) is 0 Å². The lowest BCUT2D eigenvalue weighted by Crippen LogP contribution is -2.50. The van der Waals surface area contributed by atoms with Crippen LogP contribution in [0.4, 0.5) is 0 Å². The van der Waals surface area contributed by atoms with Gasteiger partial charge in [0.25, 0.3) is 0 Å². The van der Waals surface area contributed by atoms with Gasteiger partial charge in [0, 0.05) is 38.6 Å². The molecule has 25 heavy (non-hydrogen) atoms. The van der Waals surface area contributed by atoms with E-state index < -0.39 is 5.60 Å². The van der Waals surface area contributed by atoms with E-state index in [-0.39, 0.29) is 5.92 Å². The van der Waals surface area contributed by atoms with Crippen molar-refractivity contribution in [1.29, 1.82) is 0 Å². The third kappa shape index (κ3) is 3.46. The van der Waals surface area contributed by atoms with Crippen molar-refractivity contribution >= 4 is 10.8 Å². The monoisotopic (exact) mass is 337 g/mol. The van der Waals surface area contributed by atoms with Crippen LogP contribution >= 0.6 is 0 Å². The number of fused-ring (bicyclic) bond motifs is 1. The van der Waals surface area contributed by atoms with Gasteiger partial charge in [-0.05, 0) is 55.1 Å². The Kier molecular flexibility index (Phi) is 4.81. The minimum absolute atomic E-state index is 0.283. The maximum Gasteiger partial charge on any atom is 0.0937 e. The molecule has 2 aromatic carbocycles. The van der Waals surface area contributed by atoms with E-state index in [9.17, 15) is 5.11 Å². The smallest absolute Gasteiger partial charge is 0.0937 e. The Balaban J connectivity index is 1.59. The molecule has 3 nitrogen and oxygen atoms in total. The zero-order valence-electron chi connectivity index (χ0n) is 15.2. The summed E-state index contributed by atoms with van der Waals surface area (Å²) in [5, 5.41) is 14.2. The molecule has 0 amide bonds. The van der Waals surface area contributed by atoms with E-state index in [4.69, 9.17) is 0 Å². The van der Waals surface area contributed by atoms with Crippen molar-refractivity contribution in [2.45, 2.75) is 24.9 Å². The summed E-state index contributed by atoms with van der Waals surface area (Å²) in [5.41, 5.74) is 0.390. The van der Waals surface area contributed by atoms with Gasteiger partial charge in [-0.2, -0.15) is 0 Å². The summed E-state index contributed by atoms with van der Waals surface area (Å²) >= 11 is 0. The Morgan fingerprint density at radius 2 is 1.80 bits per heavy atom. The summed E-state index contributed by atoms with van der Waals surface area (Å²) in [7, 11) is 2.19. The molecule has 2 atom stereocenters. The van der Waals surface area contributed by atoms with Gasteiger partial charge in [-0.25, -0.2) is 0 Å². The van der Waals surface area contributed by atoms with Crippen LogP contribution in [0.3, 0.4) is 0 Å². The van der Waals surface area contributed by atoms with Gasteiger partial charge < -0.3 is 14.9 Å². The summed E-state index contributed by atoms with van der Waals surface area (Å²) in [5.74, 6) is 0.283. The molecule has 0 aromatic heterocycles. The van der Waals surface area contributed by atoms with E-state index in [0.29, 0.717) is 0 Å². The second kappa shape index (κ2) is 7.06. The lowest BCUT2D eigenvalue weighted by atomic mass is 9.71. The first kappa shape index (κ1) is 17.0. The van der Waals surface area contributed by atoms with Crippen molar-refractivity contribution in [3.63, 3.8) is 0 Å². The number of nitrogens with zero attached hydrogens (tertiary/aromatic N) is 2. The molecule has 1 heterocycles. The molecule has 0 spiro atoms. The molecule has 1 aliphatic carbocycles. The number of piperazine rings is 1. The average molecular weight is 337 g/mol. The number of benzene rings is 2. The summed E-state index contributed by atoms with van der Waals surface area (Å²) in [6.45, 7) is 5.48. The van der Waals surface area contributed by atoms with Crippen LogP contribution in [0.1, 0.15) is 24.8 Å². The standard InChI is InChI=1S/C22H29N2O/c1-23-12-14-24(15-13-23)17-21-8-4-5-11-22(21,25)20-10-9-18-6-2-3-7-19(18)16-20/h2-4,6-7,9-10,16,21,25H,5,8,11-15,17H2,1H3. The van der Waals surface area contributed by atoms with Crippen LogP contribution in [0.5, 0.6) is 0 Å². The van der Waals surface area contributed by atoms with Crippen LogP contribution in [-0.4, -0.2) is 54.7 Å². The van der Waals surface area contributed by atoms with Crippen LogP contribution < -0.4 is 0 Å². The predicted molar refractivity (Wildman–Crippen MR) is 103 cm³/mol. The van der Waals surface area contributed by atoms with Crippen molar-refractivity contribution < 1.29 is 5.11 Å². The molecule has 4 rings (SSSR count). The summed E-state index contributed by atoms with van der Waals surface area (Å²) in [6.07, 6.45) is 5.22. The third-order valence-corrected chi connectivity index (χ3v) is 6.18. The molecular weight excluding hydrogens is 308 g/mol. The largest absolute Gasteiger partial charge is 0.385 e. The highest BCUT2D eigenvalue weighted by molar-refractivity contribution is 5.83. The lowest BCUT2D eigenvalue weighted by molar-refractivity contribution is -0.0590. The van der Waals surface area contributed by atoms with Crippen molar-refractivity contribution in [2.24, 2.45) is 5.92 Å². The molecule has 1 N–H and O–H groups in total. The van der Waals surface area contributed by atoms with Gasteiger partial charge in [-0.15, -0.1) is 0 Å².